The number of carboxylic acid groups (broad SMARTS) is 1. The second-order valence-electron chi connectivity index (χ2n) is 12.5. The second kappa shape index (κ2) is 14.9. The summed E-state index contributed by atoms with van der Waals surface area (Å²) in [7, 11) is 1.86. The summed E-state index contributed by atoms with van der Waals surface area (Å²) in [6, 6.07) is 4.85. The molecule has 1 saturated carbocycles. The Labute approximate surface area is 253 Å². The van der Waals surface area contributed by atoms with Gasteiger partial charge in [0.05, 0.1) is 23.2 Å². The first-order valence-corrected chi connectivity index (χ1v) is 15.7. The number of benzene rings is 1. The van der Waals surface area contributed by atoms with Gasteiger partial charge in [0.1, 0.15) is 6.04 Å². The fraction of sp³-hybridized carbons (Fsp3) is 0.667. The van der Waals surface area contributed by atoms with Gasteiger partial charge in [0.25, 0.3) is 0 Å². The second-order valence-corrected chi connectivity index (χ2v) is 12.5. The van der Waals surface area contributed by atoms with Gasteiger partial charge in [-0.25, -0.2) is 0 Å². The Balaban J connectivity index is 1.51. The SMILES string of the molecule is Cc1cnc(C)c([C@@H](CCN2CCCCC2)CCN(C)[C@@H](C(=O)O)c2cccc(C)c2C2CCC(OC(F)(F)F)CC2)n1. The van der Waals surface area contributed by atoms with E-state index in [-0.39, 0.29) is 11.8 Å². The molecule has 1 aromatic carbocycles. The van der Waals surface area contributed by atoms with Crippen LogP contribution in [0, 0.1) is 20.8 Å². The van der Waals surface area contributed by atoms with E-state index in [4.69, 9.17) is 4.98 Å². The summed E-state index contributed by atoms with van der Waals surface area (Å²) in [6.45, 7) is 9.68. The molecule has 1 aromatic heterocycles. The van der Waals surface area contributed by atoms with Crippen molar-refractivity contribution < 1.29 is 27.8 Å². The van der Waals surface area contributed by atoms with Crippen molar-refractivity contribution in [2.45, 2.75) is 109 Å². The predicted molar refractivity (Wildman–Crippen MR) is 160 cm³/mol. The van der Waals surface area contributed by atoms with Crippen molar-refractivity contribution in [1.82, 2.24) is 19.8 Å². The van der Waals surface area contributed by atoms with Gasteiger partial charge in [-0.3, -0.25) is 24.4 Å². The van der Waals surface area contributed by atoms with Crippen molar-refractivity contribution in [1.29, 1.82) is 0 Å². The van der Waals surface area contributed by atoms with Crippen LogP contribution in [0.1, 0.15) is 109 Å². The van der Waals surface area contributed by atoms with Gasteiger partial charge in [0.15, 0.2) is 0 Å². The average molecular weight is 605 g/mol. The Bertz CT molecular complexity index is 1210. The van der Waals surface area contributed by atoms with Gasteiger partial charge in [-0.05, 0) is 128 Å². The van der Waals surface area contributed by atoms with E-state index in [2.05, 4.69) is 14.6 Å². The molecule has 2 aliphatic rings. The number of aromatic nitrogens is 2. The van der Waals surface area contributed by atoms with E-state index in [0.717, 1.165) is 66.2 Å². The van der Waals surface area contributed by atoms with E-state index in [1.165, 1.54) is 19.3 Å². The summed E-state index contributed by atoms with van der Waals surface area (Å²) in [5, 5.41) is 10.5. The van der Waals surface area contributed by atoms with E-state index in [1.54, 1.807) is 6.20 Å². The molecule has 4 rings (SSSR count). The van der Waals surface area contributed by atoms with E-state index < -0.39 is 24.5 Å². The van der Waals surface area contributed by atoms with Crippen molar-refractivity contribution >= 4 is 5.97 Å². The summed E-state index contributed by atoms with van der Waals surface area (Å²) in [5.41, 5.74) is 5.44. The van der Waals surface area contributed by atoms with Crippen LogP contribution in [0.15, 0.2) is 24.4 Å². The molecule has 1 aliphatic carbocycles. The Kier molecular flexibility index (Phi) is 11.6. The Morgan fingerprint density at radius 3 is 2.44 bits per heavy atom. The maximum Gasteiger partial charge on any atom is 0.522 e. The number of nitrogens with zero attached hydrogens (tertiary/aromatic N) is 4. The average Bonchev–Trinajstić information content (AvgIpc) is 2.95. The lowest BCUT2D eigenvalue weighted by Crippen LogP contribution is -2.35. The quantitative estimate of drug-likeness (QED) is 0.278. The monoisotopic (exact) mass is 604 g/mol. The number of aryl methyl sites for hydroxylation is 3. The van der Waals surface area contributed by atoms with Crippen molar-refractivity contribution in [3.8, 4) is 0 Å². The van der Waals surface area contributed by atoms with Crippen molar-refractivity contribution in [3.05, 3.63) is 58.2 Å². The topological polar surface area (TPSA) is 78.8 Å². The standard InChI is InChI=1S/C33H47F3N4O3/c1-22-9-8-10-28(29(22)25-11-13-27(14-12-25)43-33(34,35)36)31(32(41)42)39(4)19-15-26(16-20-40-17-6-5-7-18-40)30-24(3)37-21-23(2)38-30/h8-10,21,25-27,31H,5-7,11-20H2,1-4H3,(H,41,42)/t25?,26-,27?,31-/m1/s1. The third kappa shape index (κ3) is 9.22. The number of hydrogen-bond donors (Lipinski definition) is 1. The van der Waals surface area contributed by atoms with Crippen LogP contribution < -0.4 is 0 Å². The number of piperidine rings is 1. The molecule has 2 fully saturated rings. The number of ether oxygens (including phenoxy) is 1. The van der Waals surface area contributed by atoms with Crippen LogP contribution in [0.3, 0.4) is 0 Å². The number of halogens is 3. The fourth-order valence-corrected chi connectivity index (χ4v) is 7.09. The Morgan fingerprint density at radius 2 is 1.79 bits per heavy atom. The fourth-order valence-electron chi connectivity index (χ4n) is 7.09. The molecule has 238 valence electrons. The summed E-state index contributed by atoms with van der Waals surface area (Å²) < 4.78 is 42.7. The normalized spacial score (nSPS) is 21.6. The lowest BCUT2D eigenvalue weighted by Gasteiger charge is -2.34. The van der Waals surface area contributed by atoms with Crippen molar-refractivity contribution in [3.63, 3.8) is 0 Å². The van der Waals surface area contributed by atoms with Gasteiger partial charge in [-0.1, -0.05) is 24.6 Å². The van der Waals surface area contributed by atoms with Crippen LogP contribution in [0.2, 0.25) is 0 Å². The highest BCUT2D eigenvalue weighted by molar-refractivity contribution is 5.76. The Hall–Kier alpha value is -2.56. The zero-order valence-electron chi connectivity index (χ0n) is 26.0. The van der Waals surface area contributed by atoms with Gasteiger partial charge in [-0.2, -0.15) is 0 Å². The highest BCUT2D eigenvalue weighted by Gasteiger charge is 2.37. The molecule has 0 bridgehead atoms. The highest BCUT2D eigenvalue weighted by Crippen LogP contribution is 2.41. The number of rotatable bonds is 12. The molecule has 2 atom stereocenters. The predicted octanol–water partition coefficient (Wildman–Crippen LogP) is 7.07. The van der Waals surface area contributed by atoms with Crippen LogP contribution in [0.4, 0.5) is 13.2 Å². The smallest absolute Gasteiger partial charge is 0.480 e. The highest BCUT2D eigenvalue weighted by atomic mass is 19.4. The molecule has 0 radical (unpaired) electrons. The first-order chi connectivity index (χ1) is 20.4. The van der Waals surface area contributed by atoms with Gasteiger partial charge >= 0.3 is 12.3 Å². The van der Waals surface area contributed by atoms with Gasteiger partial charge in [-0.15, -0.1) is 13.2 Å². The van der Waals surface area contributed by atoms with E-state index in [1.807, 2.05) is 50.9 Å². The first-order valence-electron chi connectivity index (χ1n) is 15.7. The molecule has 0 spiro atoms. The molecule has 2 heterocycles. The summed E-state index contributed by atoms with van der Waals surface area (Å²) >= 11 is 0. The molecule has 2 aromatic rings. The maximum atomic E-state index is 12.8. The molecular weight excluding hydrogens is 557 g/mol. The summed E-state index contributed by atoms with van der Waals surface area (Å²) in [6.07, 6.45) is 3.35. The molecule has 0 unspecified atom stereocenters. The number of hydrogen-bond acceptors (Lipinski definition) is 6. The van der Waals surface area contributed by atoms with Crippen LogP contribution in [0.25, 0.3) is 0 Å². The molecule has 10 heteroatoms. The van der Waals surface area contributed by atoms with Gasteiger partial charge in [0, 0.05) is 12.1 Å². The van der Waals surface area contributed by atoms with E-state index in [0.29, 0.717) is 32.2 Å². The molecular formula is C33H47F3N4O3. The first kappa shape index (κ1) is 33.3. The molecule has 0 amide bonds. The van der Waals surface area contributed by atoms with Gasteiger partial charge < -0.3 is 10.0 Å². The lowest BCUT2D eigenvalue weighted by atomic mass is 9.77. The summed E-state index contributed by atoms with van der Waals surface area (Å²) in [4.78, 5) is 26.7. The van der Waals surface area contributed by atoms with Crippen LogP contribution in [-0.4, -0.2) is 76.5 Å². The molecule has 1 aliphatic heterocycles. The minimum absolute atomic E-state index is 0.0120. The zero-order valence-corrected chi connectivity index (χ0v) is 26.0. The van der Waals surface area contributed by atoms with E-state index in [9.17, 15) is 23.1 Å². The maximum absolute atomic E-state index is 12.8. The Morgan fingerprint density at radius 1 is 1.09 bits per heavy atom. The molecule has 1 saturated heterocycles. The largest absolute Gasteiger partial charge is 0.522 e. The minimum atomic E-state index is -4.64. The third-order valence-corrected chi connectivity index (χ3v) is 9.28. The number of carboxylic acids is 1. The third-order valence-electron chi connectivity index (χ3n) is 9.28. The van der Waals surface area contributed by atoms with Crippen LogP contribution in [0.5, 0.6) is 0 Å². The molecule has 7 nitrogen and oxygen atoms in total. The van der Waals surface area contributed by atoms with Crippen LogP contribution in [-0.2, 0) is 9.53 Å². The lowest BCUT2D eigenvalue weighted by molar-refractivity contribution is -0.345. The zero-order chi connectivity index (χ0) is 31.1. The molecule has 43 heavy (non-hydrogen) atoms. The number of carbonyl (C=O) groups is 1. The number of likely N-dealkylation sites (tertiary alicyclic amines) is 1. The van der Waals surface area contributed by atoms with Gasteiger partial charge in [0.2, 0.25) is 0 Å². The number of alkyl halides is 3. The van der Waals surface area contributed by atoms with E-state index >= 15 is 0 Å². The number of likely N-dealkylation sites (N-methyl/N-ethyl adjacent to an activating group) is 1. The summed E-state index contributed by atoms with van der Waals surface area (Å²) in [5.74, 6) is -0.797. The number of aliphatic carboxylic acids is 1. The van der Waals surface area contributed by atoms with Crippen LogP contribution >= 0.6 is 0 Å². The minimum Gasteiger partial charge on any atom is -0.480 e. The molecule has 1 N–H and O–H groups in total. The van der Waals surface area contributed by atoms with Crippen molar-refractivity contribution in [2.24, 2.45) is 0 Å². The van der Waals surface area contributed by atoms with Crippen molar-refractivity contribution in [2.75, 3.05) is 33.2 Å².